The largest absolute Gasteiger partial charge is 0.493 e. The Kier molecular flexibility index (Phi) is 7.86. The van der Waals surface area contributed by atoms with Crippen LogP contribution < -0.4 is 30.2 Å². The summed E-state index contributed by atoms with van der Waals surface area (Å²) in [7, 11) is 4.40. The van der Waals surface area contributed by atoms with Crippen molar-refractivity contribution in [1.82, 2.24) is 15.3 Å². The summed E-state index contributed by atoms with van der Waals surface area (Å²) in [5.41, 5.74) is 3.36. The minimum atomic E-state index is -0.456. The average molecular weight is 466 g/mol. The molecule has 10 heteroatoms. The van der Waals surface area contributed by atoms with E-state index in [-0.39, 0.29) is 18.0 Å². The van der Waals surface area contributed by atoms with Gasteiger partial charge in [0.15, 0.2) is 11.5 Å². The molecule has 0 aliphatic heterocycles. The number of amides is 2. The molecule has 0 fully saturated rings. The minimum absolute atomic E-state index is 0.216. The molecule has 0 spiro atoms. The van der Waals surface area contributed by atoms with Gasteiger partial charge in [0.25, 0.3) is 5.91 Å². The molecular weight excluding hydrogens is 438 g/mol. The zero-order chi connectivity index (χ0) is 24.7. The molecule has 1 aromatic heterocycles. The number of aryl methyl sites for hydroxylation is 2. The quantitative estimate of drug-likeness (QED) is 0.440. The molecule has 2 aromatic carbocycles. The van der Waals surface area contributed by atoms with E-state index in [9.17, 15) is 9.59 Å². The van der Waals surface area contributed by atoms with Gasteiger partial charge in [0.2, 0.25) is 17.6 Å². The second-order valence-corrected chi connectivity index (χ2v) is 7.32. The molecule has 3 rings (SSSR count). The first kappa shape index (κ1) is 24.3. The first-order valence-corrected chi connectivity index (χ1v) is 10.4. The smallest absolute Gasteiger partial charge is 0.251 e. The predicted octanol–water partition coefficient (Wildman–Crippen LogP) is 3.23. The van der Waals surface area contributed by atoms with E-state index in [4.69, 9.17) is 14.2 Å². The first-order valence-electron chi connectivity index (χ1n) is 10.4. The van der Waals surface area contributed by atoms with E-state index in [0.717, 1.165) is 17.1 Å². The van der Waals surface area contributed by atoms with Crippen LogP contribution in [0, 0.1) is 13.8 Å². The topological polar surface area (TPSA) is 124 Å². The summed E-state index contributed by atoms with van der Waals surface area (Å²) in [6.45, 7) is 3.59. The van der Waals surface area contributed by atoms with E-state index in [2.05, 4.69) is 25.9 Å². The van der Waals surface area contributed by atoms with E-state index in [0.29, 0.717) is 28.9 Å². The summed E-state index contributed by atoms with van der Waals surface area (Å²) in [6, 6.07) is 12.0. The number of nitrogens with zero attached hydrogens (tertiary/aromatic N) is 2. The van der Waals surface area contributed by atoms with Crippen molar-refractivity contribution in [3.63, 3.8) is 0 Å². The molecule has 3 N–H and O–H groups in total. The van der Waals surface area contributed by atoms with Crippen LogP contribution in [-0.4, -0.2) is 49.7 Å². The highest BCUT2D eigenvalue weighted by Crippen LogP contribution is 2.38. The third kappa shape index (κ3) is 6.12. The second kappa shape index (κ2) is 11.0. The number of ether oxygens (including phenoxy) is 3. The van der Waals surface area contributed by atoms with E-state index < -0.39 is 5.91 Å². The lowest BCUT2D eigenvalue weighted by Gasteiger charge is -2.14. The maximum Gasteiger partial charge on any atom is 0.251 e. The molecule has 0 atom stereocenters. The van der Waals surface area contributed by atoms with Crippen LogP contribution in [0.25, 0.3) is 0 Å². The zero-order valence-electron chi connectivity index (χ0n) is 19.7. The molecule has 0 radical (unpaired) electrons. The number of rotatable bonds is 9. The molecule has 1 heterocycles. The summed E-state index contributed by atoms with van der Waals surface area (Å²) < 4.78 is 15.8. The van der Waals surface area contributed by atoms with Gasteiger partial charge in [-0.2, -0.15) is 0 Å². The van der Waals surface area contributed by atoms with E-state index in [1.54, 1.807) is 24.3 Å². The predicted molar refractivity (Wildman–Crippen MR) is 128 cm³/mol. The Morgan fingerprint density at radius 1 is 0.824 bits per heavy atom. The number of hydrogen-bond donors (Lipinski definition) is 3. The van der Waals surface area contributed by atoms with E-state index in [1.807, 2.05) is 19.9 Å². The first-order chi connectivity index (χ1) is 16.3. The highest BCUT2D eigenvalue weighted by molar-refractivity contribution is 6.00. The third-order valence-electron chi connectivity index (χ3n) is 4.74. The second-order valence-electron chi connectivity index (χ2n) is 7.32. The van der Waals surface area contributed by atoms with Crippen molar-refractivity contribution in [2.75, 3.05) is 38.5 Å². The maximum absolute atomic E-state index is 12.5. The molecule has 34 heavy (non-hydrogen) atoms. The van der Waals surface area contributed by atoms with Crippen LogP contribution in [0.1, 0.15) is 21.7 Å². The summed E-state index contributed by atoms with van der Waals surface area (Å²) >= 11 is 0. The minimum Gasteiger partial charge on any atom is -0.493 e. The molecular formula is C24H27N5O5. The van der Waals surface area contributed by atoms with Crippen molar-refractivity contribution in [3.05, 3.63) is 59.4 Å². The van der Waals surface area contributed by atoms with Crippen molar-refractivity contribution >= 4 is 29.1 Å². The van der Waals surface area contributed by atoms with Gasteiger partial charge in [0, 0.05) is 28.3 Å². The Bertz CT molecular complexity index is 1140. The molecule has 2 amide bonds. The molecule has 10 nitrogen and oxygen atoms in total. The van der Waals surface area contributed by atoms with Gasteiger partial charge >= 0.3 is 0 Å². The van der Waals surface area contributed by atoms with Gasteiger partial charge < -0.3 is 30.2 Å². The highest BCUT2D eigenvalue weighted by atomic mass is 16.5. The molecule has 0 unspecified atom stereocenters. The number of carbonyl (C=O) groups is 2. The Morgan fingerprint density at radius 2 is 1.38 bits per heavy atom. The van der Waals surface area contributed by atoms with Gasteiger partial charge in [-0.25, -0.2) is 9.97 Å². The van der Waals surface area contributed by atoms with Crippen LogP contribution >= 0.6 is 0 Å². The van der Waals surface area contributed by atoms with Crippen LogP contribution in [-0.2, 0) is 4.79 Å². The Hall–Kier alpha value is -4.34. The average Bonchev–Trinajstić information content (AvgIpc) is 2.82. The number of anilines is 3. The summed E-state index contributed by atoms with van der Waals surface area (Å²) in [5.74, 6) is 0.736. The standard InChI is InChI=1S/C24H27N5O5/c1-14-10-15(2)27-24(26-14)29-18-8-6-17(7-9-18)28-21(30)13-25-23(31)16-11-19(32-3)22(34-5)20(12-16)33-4/h6-12H,13H2,1-5H3,(H,25,31)(H,28,30)(H,26,27,29). The lowest BCUT2D eigenvalue weighted by Crippen LogP contribution is -2.32. The fraction of sp³-hybridized carbons (Fsp3) is 0.250. The lowest BCUT2D eigenvalue weighted by atomic mass is 10.1. The Balaban J connectivity index is 1.57. The molecule has 178 valence electrons. The molecule has 0 saturated heterocycles. The number of methoxy groups -OCH3 is 3. The SMILES string of the molecule is COc1cc(C(=O)NCC(=O)Nc2ccc(Nc3nc(C)cc(C)n3)cc2)cc(OC)c1OC. The molecule has 3 aromatic rings. The monoisotopic (exact) mass is 465 g/mol. The Morgan fingerprint density at radius 3 is 1.91 bits per heavy atom. The van der Waals surface area contributed by atoms with Crippen LogP contribution in [0.5, 0.6) is 17.2 Å². The summed E-state index contributed by atoms with van der Waals surface area (Å²) in [6.07, 6.45) is 0. The van der Waals surface area contributed by atoms with E-state index >= 15 is 0 Å². The maximum atomic E-state index is 12.5. The van der Waals surface area contributed by atoms with Crippen molar-refractivity contribution in [3.8, 4) is 17.2 Å². The Labute approximate surface area is 197 Å². The van der Waals surface area contributed by atoms with Crippen LogP contribution in [0.2, 0.25) is 0 Å². The van der Waals surface area contributed by atoms with Gasteiger partial charge in [-0.1, -0.05) is 0 Å². The van der Waals surface area contributed by atoms with Gasteiger partial charge in [-0.05, 0) is 56.3 Å². The molecule has 0 aliphatic rings. The van der Waals surface area contributed by atoms with Gasteiger partial charge in [-0.15, -0.1) is 0 Å². The van der Waals surface area contributed by atoms with E-state index in [1.165, 1.54) is 33.5 Å². The number of nitrogens with one attached hydrogen (secondary N) is 3. The summed E-state index contributed by atoms with van der Waals surface area (Å²) in [4.78, 5) is 33.5. The zero-order valence-corrected chi connectivity index (χ0v) is 19.7. The van der Waals surface area contributed by atoms with Gasteiger partial charge in [-0.3, -0.25) is 9.59 Å². The van der Waals surface area contributed by atoms with Crippen LogP contribution in [0.15, 0.2) is 42.5 Å². The van der Waals surface area contributed by atoms with Crippen molar-refractivity contribution in [1.29, 1.82) is 0 Å². The van der Waals surface area contributed by atoms with Crippen LogP contribution in [0.3, 0.4) is 0 Å². The number of carbonyl (C=O) groups excluding carboxylic acids is 2. The fourth-order valence-electron chi connectivity index (χ4n) is 3.23. The van der Waals surface area contributed by atoms with Crippen molar-refractivity contribution in [2.24, 2.45) is 0 Å². The fourth-order valence-corrected chi connectivity index (χ4v) is 3.23. The molecule has 0 saturated carbocycles. The van der Waals surface area contributed by atoms with Crippen molar-refractivity contribution < 1.29 is 23.8 Å². The molecule has 0 bridgehead atoms. The van der Waals surface area contributed by atoms with Crippen LogP contribution in [0.4, 0.5) is 17.3 Å². The number of hydrogen-bond acceptors (Lipinski definition) is 8. The lowest BCUT2D eigenvalue weighted by molar-refractivity contribution is -0.115. The summed E-state index contributed by atoms with van der Waals surface area (Å²) in [5, 5.41) is 8.45. The number of aromatic nitrogens is 2. The van der Waals surface area contributed by atoms with Crippen molar-refractivity contribution in [2.45, 2.75) is 13.8 Å². The number of benzene rings is 2. The molecule has 0 aliphatic carbocycles. The van der Waals surface area contributed by atoms with Gasteiger partial charge in [0.1, 0.15) is 0 Å². The third-order valence-corrected chi connectivity index (χ3v) is 4.74. The normalized spacial score (nSPS) is 10.3. The van der Waals surface area contributed by atoms with Gasteiger partial charge in [0.05, 0.1) is 27.9 Å². The highest BCUT2D eigenvalue weighted by Gasteiger charge is 2.17.